The van der Waals surface area contributed by atoms with Crippen LogP contribution < -0.4 is 14.2 Å². The van der Waals surface area contributed by atoms with E-state index in [1.807, 2.05) is 0 Å². The molecule has 2 N–H and O–H groups in total. The minimum atomic E-state index is -4.88. The number of anilines is 1. The van der Waals surface area contributed by atoms with Crippen molar-refractivity contribution in [1.82, 2.24) is 4.72 Å². The van der Waals surface area contributed by atoms with Crippen molar-refractivity contribution in [2.45, 2.75) is 23.1 Å². The highest BCUT2D eigenvalue weighted by molar-refractivity contribution is 7.92. The molecule has 0 aliphatic carbocycles. The van der Waals surface area contributed by atoms with E-state index in [1.165, 1.54) is 24.3 Å². The smallest absolute Gasteiger partial charge is 0.406 e. The van der Waals surface area contributed by atoms with Crippen molar-refractivity contribution in [1.29, 1.82) is 0 Å². The van der Waals surface area contributed by atoms with Crippen molar-refractivity contribution in [3.63, 3.8) is 0 Å². The Morgan fingerprint density at radius 3 is 1.81 bits per heavy atom. The molecule has 0 saturated heterocycles. The maximum atomic E-state index is 12.3. The molecule has 2 aromatic carbocycles. The number of hydrogen-bond acceptors (Lipinski definition) is 5. The molecular weight excluding hydrogens is 409 g/mol. The van der Waals surface area contributed by atoms with E-state index in [-0.39, 0.29) is 22.0 Å². The molecule has 0 aromatic heterocycles. The van der Waals surface area contributed by atoms with Gasteiger partial charge in [-0.1, -0.05) is 6.92 Å². The Hall–Kier alpha value is -2.31. The van der Waals surface area contributed by atoms with Gasteiger partial charge in [-0.2, -0.15) is 0 Å². The molecule has 0 saturated carbocycles. The summed E-state index contributed by atoms with van der Waals surface area (Å²) in [5, 5.41) is 0. The van der Waals surface area contributed by atoms with Gasteiger partial charge in [-0.3, -0.25) is 4.72 Å². The normalized spacial score (nSPS) is 12.6. The average molecular weight is 424 g/mol. The van der Waals surface area contributed by atoms with Crippen LogP contribution in [-0.2, 0) is 20.0 Å². The minimum absolute atomic E-state index is 0.0408. The summed E-state index contributed by atoms with van der Waals surface area (Å²) < 4.78 is 92.8. The van der Waals surface area contributed by atoms with Gasteiger partial charge in [-0.15, -0.1) is 13.2 Å². The van der Waals surface area contributed by atoms with Crippen molar-refractivity contribution in [2.24, 2.45) is 0 Å². The van der Waals surface area contributed by atoms with Crippen LogP contribution >= 0.6 is 0 Å². The van der Waals surface area contributed by atoms with Gasteiger partial charge >= 0.3 is 6.36 Å². The van der Waals surface area contributed by atoms with Crippen LogP contribution in [0, 0.1) is 0 Å². The molecule has 0 bridgehead atoms. The van der Waals surface area contributed by atoms with E-state index < -0.39 is 32.2 Å². The monoisotopic (exact) mass is 424 g/mol. The van der Waals surface area contributed by atoms with Crippen molar-refractivity contribution in [3.05, 3.63) is 48.5 Å². The molecule has 0 amide bonds. The Morgan fingerprint density at radius 1 is 0.852 bits per heavy atom. The Morgan fingerprint density at radius 2 is 1.33 bits per heavy atom. The molecule has 0 aliphatic rings. The highest BCUT2D eigenvalue weighted by atomic mass is 32.2. The van der Waals surface area contributed by atoms with Crippen LogP contribution in [0.15, 0.2) is 58.3 Å². The highest BCUT2D eigenvalue weighted by Crippen LogP contribution is 2.25. The number of halogens is 3. The molecular formula is C15H15F3N2O5S2. The second-order valence-electron chi connectivity index (χ2n) is 5.15. The molecule has 0 aliphatic heterocycles. The van der Waals surface area contributed by atoms with Gasteiger partial charge < -0.3 is 4.74 Å². The summed E-state index contributed by atoms with van der Waals surface area (Å²) in [5.41, 5.74) is 0.0843. The maximum absolute atomic E-state index is 12.3. The standard InChI is InChI=1S/C15H15F3N2O5S2/c1-2-19-26(21,22)13-7-3-11(4-8-13)20-27(23,24)14-9-5-12(6-10-14)25-15(16,17)18/h3-10,19-20H,2H2,1H3. The molecule has 0 unspecified atom stereocenters. The van der Waals surface area contributed by atoms with Crippen molar-refractivity contribution in [3.8, 4) is 5.75 Å². The van der Waals surface area contributed by atoms with Crippen LogP contribution in [0.25, 0.3) is 0 Å². The number of ether oxygens (including phenoxy) is 1. The van der Waals surface area contributed by atoms with Crippen molar-refractivity contribution >= 4 is 25.7 Å². The minimum Gasteiger partial charge on any atom is -0.406 e. The Balaban J connectivity index is 2.16. The van der Waals surface area contributed by atoms with E-state index in [1.54, 1.807) is 6.92 Å². The third-order valence-corrected chi connectivity index (χ3v) is 6.08. The first-order valence-electron chi connectivity index (χ1n) is 7.41. The van der Waals surface area contributed by atoms with Gasteiger partial charge in [0.05, 0.1) is 9.79 Å². The molecule has 2 rings (SSSR count). The summed E-state index contributed by atoms with van der Waals surface area (Å²) in [6.07, 6.45) is -4.88. The van der Waals surface area contributed by atoms with Gasteiger partial charge in [-0.05, 0) is 48.5 Å². The largest absolute Gasteiger partial charge is 0.573 e. The van der Waals surface area contributed by atoms with E-state index in [4.69, 9.17) is 0 Å². The molecule has 0 spiro atoms. The quantitative estimate of drug-likeness (QED) is 0.712. The number of alkyl halides is 3. The van der Waals surface area contributed by atoms with E-state index in [0.717, 1.165) is 24.3 Å². The zero-order valence-corrected chi connectivity index (χ0v) is 15.5. The number of rotatable bonds is 7. The van der Waals surface area contributed by atoms with Crippen molar-refractivity contribution in [2.75, 3.05) is 11.3 Å². The molecule has 12 heteroatoms. The first-order valence-corrected chi connectivity index (χ1v) is 10.4. The second-order valence-corrected chi connectivity index (χ2v) is 8.60. The lowest BCUT2D eigenvalue weighted by molar-refractivity contribution is -0.274. The van der Waals surface area contributed by atoms with Gasteiger partial charge in [0.2, 0.25) is 10.0 Å². The van der Waals surface area contributed by atoms with Gasteiger partial charge in [0.15, 0.2) is 0 Å². The Labute approximate surface area is 154 Å². The number of sulfonamides is 2. The van der Waals surface area contributed by atoms with Gasteiger partial charge in [0, 0.05) is 12.2 Å². The number of hydrogen-bond donors (Lipinski definition) is 2. The lowest BCUT2D eigenvalue weighted by Crippen LogP contribution is -2.23. The first kappa shape index (κ1) is 21.0. The van der Waals surface area contributed by atoms with Crippen LogP contribution in [0.4, 0.5) is 18.9 Å². The van der Waals surface area contributed by atoms with E-state index in [0.29, 0.717) is 0 Å². The van der Waals surface area contributed by atoms with Gasteiger partial charge in [-0.25, -0.2) is 21.6 Å². The molecule has 0 fully saturated rings. The summed E-state index contributed by atoms with van der Waals surface area (Å²) in [7, 11) is -7.76. The summed E-state index contributed by atoms with van der Waals surface area (Å²) >= 11 is 0. The van der Waals surface area contributed by atoms with E-state index >= 15 is 0 Å². The molecule has 0 heterocycles. The fourth-order valence-electron chi connectivity index (χ4n) is 2.01. The zero-order chi connectivity index (χ0) is 20.3. The predicted octanol–water partition coefficient (Wildman–Crippen LogP) is 2.68. The average Bonchev–Trinajstić information content (AvgIpc) is 2.54. The summed E-state index contributed by atoms with van der Waals surface area (Å²) in [6.45, 7) is 1.82. The fourth-order valence-corrected chi connectivity index (χ4v) is 4.11. The van der Waals surface area contributed by atoms with Crippen molar-refractivity contribution < 1.29 is 34.7 Å². The lowest BCUT2D eigenvalue weighted by atomic mass is 10.3. The second kappa shape index (κ2) is 7.74. The van der Waals surface area contributed by atoms with Crippen LogP contribution in [0.2, 0.25) is 0 Å². The van der Waals surface area contributed by atoms with Gasteiger partial charge in [0.25, 0.3) is 10.0 Å². The summed E-state index contributed by atoms with van der Waals surface area (Å²) in [5.74, 6) is -0.556. The Kier molecular flexibility index (Phi) is 6.02. The topological polar surface area (TPSA) is 102 Å². The van der Waals surface area contributed by atoms with Crippen LogP contribution in [-0.4, -0.2) is 29.7 Å². The zero-order valence-electron chi connectivity index (χ0n) is 13.8. The third-order valence-electron chi connectivity index (χ3n) is 3.12. The predicted molar refractivity (Wildman–Crippen MR) is 91.2 cm³/mol. The van der Waals surface area contributed by atoms with Gasteiger partial charge in [0.1, 0.15) is 5.75 Å². The number of benzene rings is 2. The molecule has 7 nitrogen and oxygen atoms in total. The third kappa shape index (κ3) is 5.84. The fraction of sp³-hybridized carbons (Fsp3) is 0.200. The lowest BCUT2D eigenvalue weighted by Gasteiger charge is -2.11. The molecule has 27 heavy (non-hydrogen) atoms. The molecule has 148 valence electrons. The van der Waals surface area contributed by atoms with Crippen LogP contribution in [0.5, 0.6) is 5.75 Å². The molecule has 0 atom stereocenters. The number of nitrogens with one attached hydrogen (secondary N) is 2. The summed E-state index contributed by atoms with van der Waals surface area (Å²) in [4.78, 5) is -0.331. The Bertz CT molecular complexity index is 987. The SMILES string of the molecule is CCNS(=O)(=O)c1ccc(NS(=O)(=O)c2ccc(OC(F)(F)F)cc2)cc1. The maximum Gasteiger partial charge on any atom is 0.573 e. The van der Waals surface area contributed by atoms with E-state index in [2.05, 4.69) is 14.2 Å². The molecule has 2 aromatic rings. The van der Waals surface area contributed by atoms with Crippen LogP contribution in [0.1, 0.15) is 6.92 Å². The highest BCUT2D eigenvalue weighted by Gasteiger charge is 2.31. The van der Waals surface area contributed by atoms with Crippen LogP contribution in [0.3, 0.4) is 0 Å². The first-order chi connectivity index (χ1) is 12.4. The summed E-state index contributed by atoms with van der Waals surface area (Å²) in [6, 6.07) is 8.58. The van der Waals surface area contributed by atoms with E-state index in [9.17, 15) is 30.0 Å². The molecule has 0 radical (unpaired) electrons.